The Bertz CT molecular complexity index is 944. The van der Waals surface area contributed by atoms with Crippen LogP contribution in [0.1, 0.15) is 37.6 Å². The summed E-state index contributed by atoms with van der Waals surface area (Å²) in [6.45, 7) is 12.3. The van der Waals surface area contributed by atoms with Gasteiger partial charge in [0.05, 0.1) is 25.7 Å². The lowest BCUT2D eigenvalue weighted by molar-refractivity contribution is 0.0483. The number of hydrogen-bond donors (Lipinski definition) is 2. The van der Waals surface area contributed by atoms with Crippen LogP contribution in [0, 0.1) is 0 Å². The van der Waals surface area contributed by atoms with E-state index in [9.17, 15) is 14.7 Å². The molecule has 8 nitrogen and oxygen atoms in total. The molecule has 0 bridgehead atoms. The van der Waals surface area contributed by atoms with Crippen molar-refractivity contribution in [1.29, 1.82) is 0 Å². The average Bonchev–Trinajstić information content (AvgIpc) is 3.16. The Morgan fingerprint density at radius 1 is 1.28 bits per heavy atom. The van der Waals surface area contributed by atoms with E-state index in [2.05, 4.69) is 29.9 Å². The van der Waals surface area contributed by atoms with Gasteiger partial charge in [0.25, 0.3) is 0 Å². The van der Waals surface area contributed by atoms with Crippen molar-refractivity contribution in [2.75, 3.05) is 5.32 Å². The fraction of sp³-hybridized carbons (Fsp3) is 0.435. The molecular weight excluding hydrogens is 426 g/mol. The van der Waals surface area contributed by atoms with Crippen LogP contribution in [0.4, 0.5) is 10.5 Å². The number of carbonyl (C=O) groups is 2. The molecule has 1 amide bonds. The predicted molar refractivity (Wildman–Crippen MR) is 126 cm³/mol. The third-order valence-electron chi connectivity index (χ3n) is 4.48. The van der Waals surface area contributed by atoms with E-state index in [1.165, 1.54) is 24.3 Å². The van der Waals surface area contributed by atoms with Gasteiger partial charge in [0.2, 0.25) is 0 Å². The SMILES string of the molecule is CC(C)(C)OC(=O)Nc1ccc(O)c(C(=O)/C=C/CC(OCn2ccnc2)[Si](C)(C)C)c1. The van der Waals surface area contributed by atoms with E-state index >= 15 is 0 Å². The van der Waals surface area contributed by atoms with Gasteiger partial charge in [0.1, 0.15) is 18.1 Å². The number of phenolic OH excluding ortho intramolecular Hbond substituents is 1. The molecule has 0 radical (unpaired) electrons. The first-order valence-corrected chi connectivity index (χ1v) is 14.0. The largest absolute Gasteiger partial charge is 0.507 e. The van der Waals surface area contributed by atoms with Crippen LogP contribution >= 0.6 is 0 Å². The molecule has 0 saturated carbocycles. The summed E-state index contributed by atoms with van der Waals surface area (Å²) in [5.74, 6) is -0.522. The van der Waals surface area contributed by atoms with Gasteiger partial charge in [0, 0.05) is 18.1 Å². The molecule has 0 aliphatic carbocycles. The monoisotopic (exact) mass is 459 g/mol. The molecule has 1 heterocycles. The Morgan fingerprint density at radius 3 is 2.59 bits per heavy atom. The summed E-state index contributed by atoms with van der Waals surface area (Å²) in [5, 5.41) is 12.7. The highest BCUT2D eigenvalue weighted by molar-refractivity contribution is 6.77. The van der Waals surface area contributed by atoms with E-state index in [4.69, 9.17) is 9.47 Å². The number of ketones is 1. The van der Waals surface area contributed by atoms with Gasteiger partial charge in [-0.2, -0.15) is 0 Å². The number of rotatable bonds is 9. The number of aromatic hydroxyl groups is 1. The molecule has 0 aliphatic rings. The fourth-order valence-electron chi connectivity index (χ4n) is 2.83. The lowest BCUT2D eigenvalue weighted by Gasteiger charge is -2.28. The maximum Gasteiger partial charge on any atom is 0.412 e. The summed E-state index contributed by atoms with van der Waals surface area (Å²) in [6.07, 6.45) is 8.37. The number of carbonyl (C=O) groups excluding carboxylic acids is 2. The van der Waals surface area contributed by atoms with Crippen LogP contribution in [0.15, 0.2) is 49.1 Å². The maximum absolute atomic E-state index is 12.7. The van der Waals surface area contributed by atoms with E-state index < -0.39 is 19.8 Å². The van der Waals surface area contributed by atoms with Crippen LogP contribution < -0.4 is 5.32 Å². The number of ether oxygens (including phenoxy) is 2. The lowest BCUT2D eigenvalue weighted by Crippen LogP contribution is -2.40. The van der Waals surface area contributed by atoms with E-state index in [1.54, 1.807) is 39.4 Å². The molecular formula is C23H33N3O5Si. The first kappa shape index (κ1) is 25.3. The Morgan fingerprint density at radius 2 is 2.00 bits per heavy atom. The Hall–Kier alpha value is -2.91. The third kappa shape index (κ3) is 8.31. The van der Waals surface area contributed by atoms with Crippen molar-refractivity contribution in [2.24, 2.45) is 0 Å². The number of nitrogens with one attached hydrogen (secondary N) is 1. The summed E-state index contributed by atoms with van der Waals surface area (Å²) in [4.78, 5) is 28.7. The van der Waals surface area contributed by atoms with Crippen molar-refractivity contribution in [3.8, 4) is 5.75 Å². The average molecular weight is 460 g/mol. The number of nitrogens with zero attached hydrogens (tertiary/aromatic N) is 2. The van der Waals surface area contributed by atoms with Crippen LogP contribution in [0.2, 0.25) is 19.6 Å². The molecule has 0 saturated heterocycles. The maximum atomic E-state index is 12.7. The summed E-state index contributed by atoms with van der Waals surface area (Å²) in [7, 11) is -1.66. The van der Waals surface area contributed by atoms with Crippen LogP contribution in [-0.4, -0.2) is 45.9 Å². The zero-order chi connectivity index (χ0) is 23.9. The normalized spacial score (nSPS) is 13.2. The minimum atomic E-state index is -1.66. The topological polar surface area (TPSA) is 103 Å². The molecule has 1 aromatic carbocycles. The first-order chi connectivity index (χ1) is 14.8. The van der Waals surface area contributed by atoms with Crippen molar-refractivity contribution in [2.45, 2.75) is 64.9 Å². The first-order valence-electron chi connectivity index (χ1n) is 10.5. The van der Waals surface area contributed by atoms with E-state index in [0.29, 0.717) is 18.8 Å². The summed E-state index contributed by atoms with van der Waals surface area (Å²) < 4.78 is 13.1. The highest BCUT2D eigenvalue weighted by Gasteiger charge is 2.27. The predicted octanol–water partition coefficient (Wildman–Crippen LogP) is 4.99. The summed E-state index contributed by atoms with van der Waals surface area (Å²) in [5.41, 5.74) is -0.186. The summed E-state index contributed by atoms with van der Waals surface area (Å²) in [6, 6.07) is 4.30. The van der Waals surface area contributed by atoms with Gasteiger partial charge in [-0.15, -0.1) is 0 Å². The number of amides is 1. The van der Waals surface area contributed by atoms with Gasteiger partial charge in [-0.05, 0) is 51.5 Å². The molecule has 2 aromatic rings. The van der Waals surface area contributed by atoms with Crippen LogP contribution in [0.3, 0.4) is 0 Å². The van der Waals surface area contributed by atoms with Crippen molar-refractivity contribution < 1.29 is 24.2 Å². The molecule has 1 aromatic heterocycles. The lowest BCUT2D eigenvalue weighted by atomic mass is 10.1. The van der Waals surface area contributed by atoms with Gasteiger partial charge >= 0.3 is 6.09 Å². The number of hydrogen-bond acceptors (Lipinski definition) is 6. The van der Waals surface area contributed by atoms with Gasteiger partial charge in [-0.1, -0.05) is 25.7 Å². The van der Waals surface area contributed by atoms with Crippen molar-refractivity contribution in [3.05, 3.63) is 54.6 Å². The number of benzene rings is 1. The molecule has 0 aliphatic heterocycles. The highest BCUT2D eigenvalue weighted by Crippen LogP contribution is 2.23. The van der Waals surface area contributed by atoms with Crippen LogP contribution in [-0.2, 0) is 16.2 Å². The van der Waals surface area contributed by atoms with Gasteiger partial charge in [-0.25, -0.2) is 9.78 Å². The summed E-state index contributed by atoms with van der Waals surface area (Å²) >= 11 is 0. The van der Waals surface area contributed by atoms with E-state index in [1.807, 2.05) is 10.8 Å². The zero-order valence-corrected chi connectivity index (χ0v) is 20.6. The molecule has 2 rings (SSSR count). The minimum absolute atomic E-state index is 0.00252. The molecule has 1 unspecified atom stereocenters. The minimum Gasteiger partial charge on any atom is -0.507 e. The standard InChI is InChI=1S/C23H33N3O5Si/c1-23(2,3)31-22(29)25-17-10-11-20(28)18(14-17)19(27)8-7-9-21(32(4,5)6)30-16-26-13-12-24-15-26/h7-8,10-15,21,28H,9,16H2,1-6H3,(H,25,29)/b8-7+. The molecule has 0 spiro atoms. The number of aromatic nitrogens is 2. The number of anilines is 1. The number of allylic oxidation sites excluding steroid dienone is 1. The van der Waals surface area contributed by atoms with Crippen molar-refractivity contribution in [1.82, 2.24) is 9.55 Å². The molecule has 1 atom stereocenters. The fourth-order valence-corrected chi connectivity index (χ4v) is 4.25. The van der Waals surface area contributed by atoms with Crippen molar-refractivity contribution >= 4 is 25.6 Å². The molecule has 9 heteroatoms. The third-order valence-corrected chi connectivity index (χ3v) is 6.81. The van der Waals surface area contributed by atoms with Gasteiger partial charge in [-0.3, -0.25) is 10.1 Å². The Balaban J connectivity index is 2.03. The van der Waals surface area contributed by atoms with E-state index in [-0.39, 0.29) is 22.8 Å². The second-order valence-corrected chi connectivity index (χ2v) is 15.0. The molecule has 0 fully saturated rings. The van der Waals surface area contributed by atoms with Gasteiger partial charge in [0.15, 0.2) is 5.78 Å². The quantitative estimate of drug-likeness (QED) is 0.237. The smallest absolute Gasteiger partial charge is 0.412 e. The second-order valence-electron chi connectivity index (χ2n) is 9.59. The Kier molecular flexibility index (Phi) is 8.40. The molecule has 2 N–H and O–H groups in total. The zero-order valence-electron chi connectivity index (χ0n) is 19.6. The van der Waals surface area contributed by atoms with Crippen LogP contribution in [0.5, 0.6) is 5.75 Å². The number of imidazole rings is 1. The molecule has 174 valence electrons. The van der Waals surface area contributed by atoms with Gasteiger partial charge < -0.3 is 19.1 Å². The molecule has 32 heavy (non-hydrogen) atoms. The highest BCUT2D eigenvalue weighted by atomic mass is 28.3. The van der Waals surface area contributed by atoms with Crippen LogP contribution in [0.25, 0.3) is 0 Å². The Labute approximate surface area is 190 Å². The van der Waals surface area contributed by atoms with E-state index in [0.717, 1.165) is 0 Å². The van der Waals surface area contributed by atoms with Crippen molar-refractivity contribution in [3.63, 3.8) is 0 Å². The second kappa shape index (κ2) is 10.6. The number of phenols is 1.